The summed E-state index contributed by atoms with van der Waals surface area (Å²) < 4.78 is 15.4. The highest BCUT2D eigenvalue weighted by molar-refractivity contribution is 6.40. The lowest BCUT2D eigenvalue weighted by Gasteiger charge is -2.07. The molecule has 8 nitrogen and oxygen atoms in total. The largest absolute Gasteiger partial charge is 0.491 e. The lowest BCUT2D eigenvalue weighted by atomic mass is 10.1. The molecule has 0 aliphatic carbocycles. The van der Waals surface area contributed by atoms with Crippen LogP contribution in [0.5, 0.6) is 5.75 Å². The van der Waals surface area contributed by atoms with Crippen LogP contribution in [0.25, 0.3) is 0 Å². The van der Waals surface area contributed by atoms with Gasteiger partial charge in [-0.3, -0.25) is 14.9 Å². The number of nitrogens with zero attached hydrogens (tertiary/aromatic N) is 1. The molecule has 0 atom stereocenters. The molecule has 0 bridgehead atoms. The van der Waals surface area contributed by atoms with Crippen LogP contribution in [0.3, 0.4) is 0 Å². The molecule has 0 aliphatic rings. The Balaban J connectivity index is 1.57. The summed E-state index contributed by atoms with van der Waals surface area (Å²) in [6.07, 6.45) is 0. The molecular weight excluding hydrogens is 342 g/mol. The third kappa shape index (κ3) is 5.99. The van der Waals surface area contributed by atoms with Crippen molar-refractivity contribution in [3.63, 3.8) is 0 Å². The molecule has 2 rings (SSSR count). The maximum absolute atomic E-state index is 11.8. The first-order chi connectivity index (χ1) is 12.6. The van der Waals surface area contributed by atoms with E-state index in [0.717, 1.165) is 0 Å². The van der Waals surface area contributed by atoms with E-state index < -0.39 is 16.7 Å². The molecule has 2 aromatic carbocycles. The molecule has 0 aliphatic heterocycles. The van der Waals surface area contributed by atoms with Gasteiger partial charge in [-0.15, -0.1) is 0 Å². The van der Waals surface area contributed by atoms with Crippen molar-refractivity contribution in [2.24, 2.45) is 0 Å². The van der Waals surface area contributed by atoms with Crippen LogP contribution in [0.1, 0.15) is 10.4 Å². The Labute approximate surface area is 149 Å². The van der Waals surface area contributed by atoms with E-state index >= 15 is 0 Å². The number of Topliss-reactive ketones (excluding diaryl/α,β-unsaturated/α-hetero) is 1. The summed E-state index contributed by atoms with van der Waals surface area (Å²) in [5, 5.41) is 10.5. The summed E-state index contributed by atoms with van der Waals surface area (Å²) in [7, 11) is 0. The van der Waals surface area contributed by atoms with E-state index in [2.05, 4.69) is 0 Å². The molecule has 0 amide bonds. The topological polar surface area (TPSA) is 105 Å². The number of nitro benzene ring substituents is 1. The highest BCUT2D eigenvalue weighted by Crippen LogP contribution is 2.17. The molecule has 0 N–H and O–H groups in total. The van der Waals surface area contributed by atoms with Crippen molar-refractivity contribution in [3.8, 4) is 5.75 Å². The Morgan fingerprint density at radius 3 is 2.19 bits per heavy atom. The number of hydrogen-bond donors (Lipinski definition) is 0. The normalized spacial score (nSPS) is 10.2. The third-order valence-corrected chi connectivity index (χ3v) is 3.23. The van der Waals surface area contributed by atoms with Gasteiger partial charge in [-0.1, -0.05) is 30.3 Å². The summed E-state index contributed by atoms with van der Waals surface area (Å²) in [5.74, 6) is -1.15. The summed E-state index contributed by atoms with van der Waals surface area (Å²) >= 11 is 0. The van der Waals surface area contributed by atoms with E-state index in [1.807, 2.05) is 0 Å². The fourth-order valence-electron chi connectivity index (χ4n) is 1.95. The van der Waals surface area contributed by atoms with Gasteiger partial charge in [-0.05, 0) is 12.1 Å². The predicted octanol–water partition coefficient (Wildman–Crippen LogP) is 2.42. The standard InChI is InChI=1S/C18H17NO7/c20-17(14-4-2-1-3-5-14)18(21)26-13-11-24-10-12-25-16-8-6-15(7-9-16)19(22)23/h1-9H,10-13H2. The van der Waals surface area contributed by atoms with Gasteiger partial charge in [0.1, 0.15) is 19.0 Å². The zero-order valence-electron chi connectivity index (χ0n) is 13.8. The average Bonchev–Trinajstić information content (AvgIpc) is 2.67. The number of ketones is 1. The van der Waals surface area contributed by atoms with Crippen molar-refractivity contribution in [2.45, 2.75) is 0 Å². The second-order valence-electron chi connectivity index (χ2n) is 5.04. The maximum Gasteiger partial charge on any atom is 0.379 e. The zero-order chi connectivity index (χ0) is 18.8. The summed E-state index contributed by atoms with van der Waals surface area (Å²) in [5.41, 5.74) is 0.260. The van der Waals surface area contributed by atoms with Gasteiger partial charge in [0.05, 0.1) is 18.1 Å². The van der Waals surface area contributed by atoms with Gasteiger partial charge < -0.3 is 14.2 Å². The second-order valence-corrected chi connectivity index (χ2v) is 5.04. The first-order valence-corrected chi connectivity index (χ1v) is 7.79. The molecule has 0 spiro atoms. The minimum absolute atomic E-state index is 0.0135. The Kier molecular flexibility index (Phi) is 7.26. The monoisotopic (exact) mass is 359 g/mol. The molecule has 0 aromatic heterocycles. The fourth-order valence-corrected chi connectivity index (χ4v) is 1.95. The zero-order valence-corrected chi connectivity index (χ0v) is 13.8. The fraction of sp³-hybridized carbons (Fsp3) is 0.222. The molecule has 136 valence electrons. The smallest absolute Gasteiger partial charge is 0.379 e. The molecular formula is C18H17NO7. The van der Waals surface area contributed by atoms with Crippen LogP contribution in [0.2, 0.25) is 0 Å². The minimum Gasteiger partial charge on any atom is -0.491 e. The van der Waals surface area contributed by atoms with Crippen LogP contribution < -0.4 is 4.74 Å². The van der Waals surface area contributed by atoms with Gasteiger partial charge in [-0.25, -0.2) is 4.79 Å². The number of esters is 1. The van der Waals surface area contributed by atoms with E-state index in [1.54, 1.807) is 18.2 Å². The average molecular weight is 359 g/mol. The highest BCUT2D eigenvalue weighted by atomic mass is 16.6. The Hall–Kier alpha value is -3.26. The number of carbonyl (C=O) groups is 2. The predicted molar refractivity (Wildman–Crippen MR) is 91.1 cm³/mol. The number of nitro groups is 1. The van der Waals surface area contributed by atoms with Crippen molar-refractivity contribution in [3.05, 3.63) is 70.3 Å². The van der Waals surface area contributed by atoms with Gasteiger partial charge in [-0.2, -0.15) is 0 Å². The number of ether oxygens (including phenoxy) is 3. The van der Waals surface area contributed by atoms with Crippen molar-refractivity contribution in [1.82, 2.24) is 0 Å². The number of rotatable bonds is 10. The van der Waals surface area contributed by atoms with Crippen LogP contribution in [0.15, 0.2) is 54.6 Å². The molecule has 26 heavy (non-hydrogen) atoms. The van der Waals surface area contributed by atoms with Gasteiger partial charge in [0.15, 0.2) is 0 Å². The van der Waals surface area contributed by atoms with Gasteiger partial charge in [0.25, 0.3) is 11.5 Å². The maximum atomic E-state index is 11.8. The van der Waals surface area contributed by atoms with Crippen molar-refractivity contribution < 1.29 is 28.7 Å². The lowest BCUT2D eigenvalue weighted by molar-refractivity contribution is -0.384. The number of benzene rings is 2. The molecule has 0 radical (unpaired) electrons. The summed E-state index contributed by atoms with van der Waals surface area (Å²) in [4.78, 5) is 33.4. The Morgan fingerprint density at radius 2 is 1.54 bits per heavy atom. The van der Waals surface area contributed by atoms with E-state index in [-0.39, 0.29) is 37.7 Å². The van der Waals surface area contributed by atoms with Crippen LogP contribution in [-0.4, -0.2) is 43.1 Å². The van der Waals surface area contributed by atoms with Gasteiger partial charge in [0, 0.05) is 17.7 Å². The molecule has 0 fully saturated rings. The minimum atomic E-state index is -0.929. The Morgan fingerprint density at radius 1 is 0.885 bits per heavy atom. The van der Waals surface area contributed by atoms with Crippen molar-refractivity contribution >= 4 is 17.4 Å². The van der Waals surface area contributed by atoms with Crippen molar-refractivity contribution in [2.75, 3.05) is 26.4 Å². The van der Waals surface area contributed by atoms with Crippen LogP contribution in [0.4, 0.5) is 5.69 Å². The van der Waals surface area contributed by atoms with E-state index in [1.165, 1.54) is 36.4 Å². The molecule has 0 heterocycles. The number of hydrogen-bond acceptors (Lipinski definition) is 7. The molecule has 0 saturated heterocycles. The molecule has 8 heteroatoms. The lowest BCUT2D eigenvalue weighted by Crippen LogP contribution is -2.20. The van der Waals surface area contributed by atoms with Crippen LogP contribution in [0, 0.1) is 10.1 Å². The first-order valence-electron chi connectivity index (χ1n) is 7.79. The summed E-state index contributed by atoms with van der Waals surface area (Å²) in [6.45, 7) is 0.544. The highest BCUT2D eigenvalue weighted by Gasteiger charge is 2.17. The van der Waals surface area contributed by atoms with Crippen LogP contribution >= 0.6 is 0 Å². The summed E-state index contributed by atoms with van der Waals surface area (Å²) in [6, 6.07) is 13.8. The molecule has 0 saturated carbocycles. The second kappa shape index (κ2) is 9.90. The quantitative estimate of drug-likeness (QED) is 0.160. The number of non-ortho nitro benzene ring substituents is 1. The van der Waals surface area contributed by atoms with Crippen molar-refractivity contribution in [1.29, 1.82) is 0 Å². The molecule has 0 unspecified atom stereocenters. The Bertz CT molecular complexity index is 744. The first kappa shape index (κ1) is 19.1. The number of carbonyl (C=O) groups excluding carboxylic acids is 2. The van der Waals surface area contributed by atoms with E-state index in [4.69, 9.17) is 14.2 Å². The van der Waals surface area contributed by atoms with Gasteiger partial charge >= 0.3 is 5.97 Å². The van der Waals surface area contributed by atoms with Crippen LogP contribution in [-0.2, 0) is 14.3 Å². The van der Waals surface area contributed by atoms with E-state index in [9.17, 15) is 19.7 Å². The third-order valence-electron chi connectivity index (χ3n) is 3.23. The van der Waals surface area contributed by atoms with Gasteiger partial charge in [0.2, 0.25) is 0 Å². The van der Waals surface area contributed by atoms with E-state index in [0.29, 0.717) is 5.75 Å². The molecule has 2 aromatic rings. The SMILES string of the molecule is O=C(OCCOCCOc1ccc([N+](=O)[O-])cc1)C(=O)c1ccccc1.